The van der Waals surface area contributed by atoms with Gasteiger partial charge in [0, 0.05) is 44.4 Å². The summed E-state index contributed by atoms with van der Waals surface area (Å²) >= 11 is 0. The lowest BCUT2D eigenvalue weighted by atomic mass is 10.1. The van der Waals surface area contributed by atoms with Gasteiger partial charge in [-0.2, -0.15) is 0 Å². The number of nitrogens with zero attached hydrogens (tertiary/aromatic N) is 1. The predicted octanol–water partition coefficient (Wildman–Crippen LogP) is 2.01. The Bertz CT molecular complexity index is 762. The number of hydrogen-bond acceptors (Lipinski definition) is 4. The number of nitrogens with two attached hydrogens (primary N) is 1. The van der Waals surface area contributed by atoms with E-state index < -0.39 is 6.10 Å². The zero-order chi connectivity index (χ0) is 18.0. The van der Waals surface area contributed by atoms with Gasteiger partial charge in [-0.15, -0.1) is 0 Å². The number of carbonyl (C=O) groups is 1. The fourth-order valence-corrected chi connectivity index (χ4v) is 2.83. The van der Waals surface area contributed by atoms with Crippen LogP contribution in [-0.4, -0.2) is 32.7 Å². The zero-order valence-corrected chi connectivity index (χ0v) is 14.3. The predicted molar refractivity (Wildman–Crippen MR) is 95.2 cm³/mol. The van der Waals surface area contributed by atoms with Crippen LogP contribution >= 0.6 is 0 Å². The second-order valence-corrected chi connectivity index (χ2v) is 6.40. The highest BCUT2D eigenvalue weighted by Crippen LogP contribution is 2.29. The Morgan fingerprint density at radius 2 is 2.04 bits per heavy atom. The van der Waals surface area contributed by atoms with Gasteiger partial charge in [-0.25, -0.2) is 4.39 Å². The van der Waals surface area contributed by atoms with Gasteiger partial charge >= 0.3 is 0 Å². The second kappa shape index (κ2) is 7.11. The van der Waals surface area contributed by atoms with Gasteiger partial charge in [0.2, 0.25) is 0 Å². The molecular weight excluding hydrogens is 321 g/mol. The van der Waals surface area contributed by atoms with Crippen molar-refractivity contribution in [1.29, 1.82) is 0 Å². The van der Waals surface area contributed by atoms with E-state index in [9.17, 15) is 9.18 Å². The Labute approximate surface area is 146 Å². The molecule has 2 atom stereocenters. The molecule has 2 aromatic carbocycles. The number of amides is 1. The van der Waals surface area contributed by atoms with Crippen LogP contribution in [0.25, 0.3) is 0 Å². The molecule has 0 spiro atoms. The maximum absolute atomic E-state index is 13.2. The number of nitrogens with one attached hydrogen (secondary N) is 1. The third-order valence-corrected chi connectivity index (χ3v) is 4.32. The number of anilines is 1. The Morgan fingerprint density at radius 1 is 1.32 bits per heavy atom. The summed E-state index contributed by atoms with van der Waals surface area (Å²) in [6, 6.07) is 11.9. The number of rotatable bonds is 5. The molecule has 1 aliphatic rings. The van der Waals surface area contributed by atoms with Crippen LogP contribution in [0.3, 0.4) is 0 Å². The number of benzene rings is 2. The zero-order valence-electron chi connectivity index (χ0n) is 14.3. The van der Waals surface area contributed by atoms with E-state index in [0.29, 0.717) is 24.3 Å². The quantitative estimate of drug-likeness (QED) is 0.871. The van der Waals surface area contributed by atoms with E-state index in [1.165, 1.54) is 12.1 Å². The second-order valence-electron chi connectivity index (χ2n) is 6.40. The summed E-state index contributed by atoms with van der Waals surface area (Å²) < 4.78 is 18.8. The normalized spacial score (nSPS) is 16.7. The minimum absolute atomic E-state index is 0.239. The highest BCUT2D eigenvalue weighted by Gasteiger charge is 2.29. The van der Waals surface area contributed by atoms with Crippen molar-refractivity contribution in [1.82, 2.24) is 5.32 Å². The fraction of sp³-hybridized carbons (Fsp3) is 0.316. The molecule has 2 aromatic rings. The first-order chi connectivity index (χ1) is 11.9. The van der Waals surface area contributed by atoms with E-state index in [1.807, 2.05) is 43.3 Å². The molecule has 0 saturated heterocycles. The molecule has 25 heavy (non-hydrogen) atoms. The van der Waals surface area contributed by atoms with E-state index in [-0.39, 0.29) is 17.8 Å². The van der Waals surface area contributed by atoms with Crippen LogP contribution in [0.15, 0.2) is 42.5 Å². The average molecular weight is 343 g/mol. The first-order valence-corrected chi connectivity index (χ1v) is 8.19. The van der Waals surface area contributed by atoms with Gasteiger partial charge in [-0.1, -0.05) is 12.1 Å². The first kappa shape index (κ1) is 17.2. The van der Waals surface area contributed by atoms with Gasteiger partial charge in [0.15, 0.2) is 6.10 Å². The number of carbonyl (C=O) groups excluding carboxylic acids is 1. The van der Waals surface area contributed by atoms with Crippen molar-refractivity contribution >= 4 is 11.6 Å². The molecule has 2 unspecified atom stereocenters. The molecule has 0 aliphatic carbocycles. The molecular formula is C19H22FN3O2. The monoisotopic (exact) mass is 343 g/mol. The molecule has 0 fully saturated rings. The van der Waals surface area contributed by atoms with Gasteiger partial charge in [-0.05, 0) is 35.9 Å². The fourth-order valence-electron chi connectivity index (χ4n) is 2.83. The number of ether oxygens (including phenoxy) is 1. The molecule has 3 N–H and O–H groups in total. The van der Waals surface area contributed by atoms with Crippen molar-refractivity contribution in [2.75, 3.05) is 25.5 Å². The Morgan fingerprint density at radius 3 is 2.72 bits per heavy atom. The van der Waals surface area contributed by atoms with Crippen molar-refractivity contribution in [3.05, 3.63) is 59.4 Å². The highest BCUT2D eigenvalue weighted by atomic mass is 19.1. The van der Waals surface area contributed by atoms with Crippen LogP contribution < -0.4 is 20.7 Å². The maximum Gasteiger partial charge on any atom is 0.261 e. The number of hydrogen-bond donors (Lipinski definition) is 2. The molecule has 1 heterocycles. The van der Waals surface area contributed by atoms with Crippen LogP contribution in [0.4, 0.5) is 10.1 Å². The third kappa shape index (κ3) is 3.91. The third-order valence-electron chi connectivity index (χ3n) is 4.32. The highest BCUT2D eigenvalue weighted by molar-refractivity contribution is 5.82. The summed E-state index contributed by atoms with van der Waals surface area (Å²) in [5.41, 5.74) is 8.90. The largest absolute Gasteiger partial charge is 0.480 e. The van der Waals surface area contributed by atoms with Crippen molar-refractivity contribution < 1.29 is 13.9 Å². The van der Waals surface area contributed by atoms with Crippen molar-refractivity contribution in [3.8, 4) is 5.75 Å². The lowest BCUT2D eigenvalue weighted by Gasteiger charge is -2.17. The molecule has 0 saturated carbocycles. The molecule has 1 amide bonds. The SMILES string of the molecule is CN(C)c1ccc(C(N)CNC(=O)C2Cc3cc(F)ccc3O2)cc1. The van der Waals surface area contributed by atoms with Crippen molar-refractivity contribution in [2.45, 2.75) is 18.6 Å². The number of halogens is 1. The van der Waals surface area contributed by atoms with Crippen molar-refractivity contribution in [2.24, 2.45) is 5.73 Å². The summed E-state index contributed by atoms with van der Waals surface area (Å²) in [6.07, 6.45) is -0.272. The minimum atomic E-state index is -0.639. The smallest absolute Gasteiger partial charge is 0.261 e. The van der Waals surface area contributed by atoms with Gasteiger partial charge in [-0.3, -0.25) is 4.79 Å². The number of fused-ring (bicyclic) bond motifs is 1. The molecule has 0 radical (unpaired) electrons. The van der Waals surface area contributed by atoms with E-state index in [0.717, 1.165) is 11.3 Å². The topological polar surface area (TPSA) is 67.6 Å². The average Bonchev–Trinajstić information content (AvgIpc) is 3.02. The summed E-state index contributed by atoms with van der Waals surface area (Å²) in [5.74, 6) is -0.00584. The first-order valence-electron chi connectivity index (χ1n) is 8.19. The van der Waals surface area contributed by atoms with E-state index >= 15 is 0 Å². The summed E-state index contributed by atoms with van der Waals surface area (Å²) in [7, 11) is 3.95. The van der Waals surface area contributed by atoms with E-state index in [4.69, 9.17) is 10.5 Å². The lowest BCUT2D eigenvalue weighted by molar-refractivity contribution is -0.127. The van der Waals surface area contributed by atoms with Crippen molar-refractivity contribution in [3.63, 3.8) is 0 Å². The van der Waals surface area contributed by atoms with Gasteiger partial charge < -0.3 is 20.7 Å². The lowest BCUT2D eigenvalue weighted by Crippen LogP contribution is -2.40. The van der Waals surface area contributed by atoms with Crippen LogP contribution in [0, 0.1) is 5.82 Å². The molecule has 6 heteroatoms. The molecule has 5 nitrogen and oxygen atoms in total. The summed E-state index contributed by atoms with van der Waals surface area (Å²) in [4.78, 5) is 14.3. The standard InChI is InChI=1S/C19H22FN3O2/c1-23(2)15-6-3-12(4-7-15)16(21)11-22-19(24)18-10-13-9-14(20)5-8-17(13)25-18/h3-9,16,18H,10-11,21H2,1-2H3,(H,22,24). The summed E-state index contributed by atoms with van der Waals surface area (Å²) in [6.45, 7) is 0.310. The Balaban J connectivity index is 1.54. The van der Waals surface area contributed by atoms with Crippen LogP contribution in [0.1, 0.15) is 17.2 Å². The Kier molecular flexibility index (Phi) is 4.90. The van der Waals surface area contributed by atoms with Crippen LogP contribution in [0.2, 0.25) is 0 Å². The molecule has 1 aliphatic heterocycles. The molecule has 0 bridgehead atoms. The maximum atomic E-state index is 13.2. The van der Waals surface area contributed by atoms with E-state index in [1.54, 1.807) is 6.07 Å². The van der Waals surface area contributed by atoms with Crippen LogP contribution in [0.5, 0.6) is 5.75 Å². The molecule has 3 rings (SSSR count). The van der Waals surface area contributed by atoms with E-state index in [2.05, 4.69) is 5.32 Å². The van der Waals surface area contributed by atoms with Gasteiger partial charge in [0.05, 0.1) is 0 Å². The van der Waals surface area contributed by atoms with Crippen LogP contribution in [-0.2, 0) is 11.2 Å². The van der Waals surface area contributed by atoms with Gasteiger partial charge in [0.1, 0.15) is 11.6 Å². The Hall–Kier alpha value is -2.60. The molecule has 0 aromatic heterocycles. The minimum Gasteiger partial charge on any atom is -0.480 e. The molecule has 132 valence electrons. The summed E-state index contributed by atoms with van der Waals surface area (Å²) in [5, 5.41) is 2.82. The van der Waals surface area contributed by atoms with Gasteiger partial charge in [0.25, 0.3) is 5.91 Å².